The molecule has 1 heterocycles. The fourth-order valence-corrected chi connectivity index (χ4v) is 3.95. The summed E-state index contributed by atoms with van der Waals surface area (Å²) in [5.41, 5.74) is 1.04. The number of hydrogen-bond acceptors (Lipinski definition) is 2. The predicted octanol–water partition coefficient (Wildman–Crippen LogP) is 5.25. The number of benzene rings is 2. The highest BCUT2D eigenvalue weighted by Crippen LogP contribution is 2.34. The molecule has 3 aromatic rings. The number of carbonyl (C=O) groups excluding carboxylic acids is 1. The zero-order chi connectivity index (χ0) is 14.8. The number of carbonyl (C=O) groups is 1. The maximum absolute atomic E-state index is 12.3. The first kappa shape index (κ1) is 14.6. The normalized spacial score (nSPS) is 10.8. The Balaban J connectivity index is 1.79. The van der Waals surface area contributed by atoms with E-state index in [0.717, 1.165) is 20.1 Å². The monoisotopic (exact) mass is 379 g/mol. The van der Waals surface area contributed by atoms with Crippen LogP contribution < -0.4 is 5.32 Å². The zero-order valence-corrected chi connectivity index (χ0v) is 14.1. The van der Waals surface area contributed by atoms with Crippen LogP contribution in [0.1, 0.15) is 15.2 Å². The first-order chi connectivity index (χ1) is 10.1. The topological polar surface area (TPSA) is 29.1 Å². The number of rotatable bonds is 3. The standard InChI is InChI=1S/C16H11BrClNOS/c17-11-5-3-4-10(8-11)9-19-16(20)15-14(18)12-6-1-2-7-13(12)21-15/h1-8H,9H2,(H,19,20). The lowest BCUT2D eigenvalue weighted by Gasteiger charge is -2.04. The van der Waals surface area contributed by atoms with E-state index in [4.69, 9.17) is 11.6 Å². The van der Waals surface area contributed by atoms with E-state index >= 15 is 0 Å². The molecule has 106 valence electrons. The summed E-state index contributed by atoms with van der Waals surface area (Å²) in [7, 11) is 0. The smallest absolute Gasteiger partial charge is 0.263 e. The molecule has 0 unspecified atom stereocenters. The summed E-state index contributed by atoms with van der Waals surface area (Å²) < 4.78 is 2.02. The molecule has 1 N–H and O–H groups in total. The second kappa shape index (κ2) is 6.18. The van der Waals surface area contributed by atoms with Crippen LogP contribution in [0.15, 0.2) is 53.0 Å². The molecule has 0 spiro atoms. The molecule has 0 bridgehead atoms. The summed E-state index contributed by atoms with van der Waals surface area (Å²) in [6.45, 7) is 0.475. The Kier molecular flexibility index (Phi) is 4.29. The maximum Gasteiger partial charge on any atom is 0.263 e. The van der Waals surface area contributed by atoms with Gasteiger partial charge in [-0.2, -0.15) is 0 Å². The number of nitrogens with one attached hydrogen (secondary N) is 1. The van der Waals surface area contributed by atoms with Crippen LogP contribution in [0, 0.1) is 0 Å². The van der Waals surface area contributed by atoms with Crippen molar-refractivity contribution in [2.45, 2.75) is 6.54 Å². The molecule has 2 aromatic carbocycles. The van der Waals surface area contributed by atoms with Gasteiger partial charge in [0.2, 0.25) is 0 Å². The van der Waals surface area contributed by atoms with E-state index in [0.29, 0.717) is 16.4 Å². The van der Waals surface area contributed by atoms with Crippen molar-refractivity contribution in [3.63, 3.8) is 0 Å². The number of fused-ring (bicyclic) bond motifs is 1. The van der Waals surface area contributed by atoms with Gasteiger partial charge in [0.15, 0.2) is 0 Å². The van der Waals surface area contributed by atoms with Crippen LogP contribution in [-0.2, 0) is 6.54 Å². The molecule has 0 aliphatic rings. The van der Waals surface area contributed by atoms with Crippen LogP contribution in [0.4, 0.5) is 0 Å². The van der Waals surface area contributed by atoms with Gasteiger partial charge in [0, 0.05) is 21.1 Å². The molecular weight excluding hydrogens is 370 g/mol. The highest BCUT2D eigenvalue weighted by atomic mass is 79.9. The molecule has 5 heteroatoms. The van der Waals surface area contributed by atoms with Crippen molar-refractivity contribution in [3.05, 3.63) is 68.5 Å². The molecule has 0 aliphatic carbocycles. The van der Waals surface area contributed by atoms with Crippen molar-refractivity contribution in [2.24, 2.45) is 0 Å². The van der Waals surface area contributed by atoms with Gasteiger partial charge in [-0.1, -0.05) is 57.9 Å². The van der Waals surface area contributed by atoms with Gasteiger partial charge in [0.1, 0.15) is 4.88 Å². The third-order valence-corrected chi connectivity index (χ3v) is 5.25. The number of thiophene rings is 1. The SMILES string of the molecule is O=C(NCc1cccc(Br)c1)c1sc2ccccc2c1Cl. The van der Waals surface area contributed by atoms with E-state index in [1.807, 2.05) is 48.5 Å². The van der Waals surface area contributed by atoms with Crippen molar-refractivity contribution in [3.8, 4) is 0 Å². The summed E-state index contributed by atoms with van der Waals surface area (Å²) in [5, 5.41) is 4.37. The number of hydrogen-bond donors (Lipinski definition) is 1. The first-order valence-corrected chi connectivity index (χ1v) is 8.33. The van der Waals surface area contributed by atoms with Crippen LogP contribution in [0.2, 0.25) is 5.02 Å². The fourth-order valence-electron chi connectivity index (χ4n) is 2.07. The maximum atomic E-state index is 12.3. The summed E-state index contributed by atoms with van der Waals surface area (Å²) in [6.07, 6.45) is 0. The van der Waals surface area contributed by atoms with E-state index in [9.17, 15) is 4.79 Å². The van der Waals surface area contributed by atoms with Crippen LogP contribution in [0.3, 0.4) is 0 Å². The lowest BCUT2D eigenvalue weighted by atomic mass is 10.2. The molecule has 3 rings (SSSR count). The lowest BCUT2D eigenvalue weighted by molar-refractivity contribution is 0.0955. The van der Waals surface area contributed by atoms with Crippen LogP contribution in [-0.4, -0.2) is 5.91 Å². The van der Waals surface area contributed by atoms with Crippen LogP contribution in [0.5, 0.6) is 0 Å². The van der Waals surface area contributed by atoms with Gasteiger partial charge in [-0.15, -0.1) is 11.3 Å². The Morgan fingerprint density at radius 3 is 2.76 bits per heavy atom. The summed E-state index contributed by atoms with van der Waals surface area (Å²) >= 11 is 11.1. The predicted molar refractivity (Wildman–Crippen MR) is 92.1 cm³/mol. The quantitative estimate of drug-likeness (QED) is 0.661. The third kappa shape index (κ3) is 3.12. The summed E-state index contributed by atoms with van der Waals surface area (Å²) in [6, 6.07) is 15.6. The van der Waals surface area contributed by atoms with Gasteiger partial charge in [-0.3, -0.25) is 4.79 Å². The Labute approximate surface area is 139 Å². The molecule has 0 fully saturated rings. The Bertz CT molecular complexity index is 815. The minimum absolute atomic E-state index is 0.138. The largest absolute Gasteiger partial charge is 0.347 e. The van der Waals surface area contributed by atoms with Crippen LogP contribution >= 0.6 is 38.9 Å². The molecule has 0 atom stereocenters. The molecular formula is C16H11BrClNOS. The molecule has 0 saturated heterocycles. The lowest BCUT2D eigenvalue weighted by Crippen LogP contribution is -2.22. The van der Waals surface area contributed by atoms with Gasteiger partial charge < -0.3 is 5.32 Å². The number of amides is 1. The molecule has 0 radical (unpaired) electrons. The van der Waals surface area contributed by atoms with E-state index in [-0.39, 0.29) is 5.91 Å². The van der Waals surface area contributed by atoms with Crippen LogP contribution in [0.25, 0.3) is 10.1 Å². The highest BCUT2D eigenvalue weighted by molar-refractivity contribution is 9.10. The highest BCUT2D eigenvalue weighted by Gasteiger charge is 2.16. The van der Waals surface area contributed by atoms with Gasteiger partial charge in [0.25, 0.3) is 5.91 Å². The molecule has 0 saturated carbocycles. The van der Waals surface area contributed by atoms with Gasteiger partial charge in [-0.25, -0.2) is 0 Å². The van der Waals surface area contributed by atoms with Crippen molar-refractivity contribution in [2.75, 3.05) is 0 Å². The summed E-state index contributed by atoms with van der Waals surface area (Å²) in [5.74, 6) is -0.138. The van der Waals surface area contributed by atoms with Gasteiger partial charge in [0.05, 0.1) is 5.02 Å². The average molecular weight is 381 g/mol. The van der Waals surface area contributed by atoms with Gasteiger partial charge in [-0.05, 0) is 23.8 Å². The third-order valence-electron chi connectivity index (χ3n) is 3.08. The zero-order valence-electron chi connectivity index (χ0n) is 10.9. The van der Waals surface area contributed by atoms with Crippen molar-refractivity contribution >= 4 is 54.9 Å². The molecule has 1 amide bonds. The van der Waals surface area contributed by atoms with E-state index < -0.39 is 0 Å². The Hall–Kier alpha value is -1.36. The number of halogens is 2. The fraction of sp³-hybridized carbons (Fsp3) is 0.0625. The average Bonchev–Trinajstić information content (AvgIpc) is 2.83. The molecule has 1 aromatic heterocycles. The minimum Gasteiger partial charge on any atom is -0.347 e. The summed E-state index contributed by atoms with van der Waals surface area (Å²) in [4.78, 5) is 12.9. The van der Waals surface area contributed by atoms with Crippen molar-refractivity contribution in [1.82, 2.24) is 5.32 Å². The van der Waals surface area contributed by atoms with Crippen molar-refractivity contribution < 1.29 is 4.79 Å². The Morgan fingerprint density at radius 1 is 1.19 bits per heavy atom. The first-order valence-electron chi connectivity index (χ1n) is 6.35. The van der Waals surface area contributed by atoms with E-state index in [2.05, 4.69) is 21.2 Å². The van der Waals surface area contributed by atoms with Gasteiger partial charge >= 0.3 is 0 Å². The van der Waals surface area contributed by atoms with Crippen molar-refractivity contribution in [1.29, 1.82) is 0 Å². The van der Waals surface area contributed by atoms with E-state index in [1.54, 1.807) is 0 Å². The second-order valence-corrected chi connectivity index (χ2v) is 6.90. The second-order valence-electron chi connectivity index (χ2n) is 4.55. The Morgan fingerprint density at radius 2 is 2.00 bits per heavy atom. The minimum atomic E-state index is -0.138. The molecule has 0 aliphatic heterocycles. The molecule has 21 heavy (non-hydrogen) atoms. The molecule has 2 nitrogen and oxygen atoms in total. The van der Waals surface area contributed by atoms with E-state index in [1.165, 1.54) is 11.3 Å².